The van der Waals surface area contributed by atoms with Crippen molar-refractivity contribution in [1.29, 1.82) is 5.26 Å². The first-order valence-corrected chi connectivity index (χ1v) is 6.56. The van der Waals surface area contributed by atoms with Gasteiger partial charge in [-0.1, -0.05) is 27.5 Å². The van der Waals surface area contributed by atoms with Gasteiger partial charge in [0.2, 0.25) is 0 Å². The smallest absolute Gasteiger partial charge is 0.168 e. The van der Waals surface area contributed by atoms with E-state index in [4.69, 9.17) is 16.9 Å². The second-order valence-electron chi connectivity index (χ2n) is 3.94. The zero-order valence-electron chi connectivity index (χ0n) is 9.51. The minimum absolute atomic E-state index is 0.554. The van der Waals surface area contributed by atoms with E-state index < -0.39 is 0 Å². The topological polar surface area (TPSA) is 54.0 Å². The molecular formula is C13H6BrClN4. The van der Waals surface area contributed by atoms with Crippen molar-refractivity contribution in [3.63, 3.8) is 0 Å². The summed E-state index contributed by atoms with van der Waals surface area (Å²) in [4.78, 5) is 0. The monoisotopic (exact) mass is 332 g/mol. The lowest BCUT2D eigenvalue weighted by atomic mass is 10.2. The Balaban J connectivity index is 2.23. The molecule has 2 heterocycles. The molecule has 0 spiro atoms. The average molecular weight is 334 g/mol. The third-order valence-corrected chi connectivity index (χ3v) is 3.34. The van der Waals surface area contributed by atoms with Crippen molar-refractivity contribution in [2.24, 2.45) is 0 Å². The molecule has 4 nitrogen and oxygen atoms in total. The normalized spacial score (nSPS) is 10.6. The minimum Gasteiger partial charge on any atom is -0.282 e. The zero-order valence-corrected chi connectivity index (χ0v) is 11.9. The summed E-state index contributed by atoms with van der Waals surface area (Å²) in [6.45, 7) is 0. The quantitative estimate of drug-likeness (QED) is 0.682. The van der Waals surface area contributed by atoms with Crippen molar-refractivity contribution >= 4 is 33.2 Å². The van der Waals surface area contributed by atoms with E-state index >= 15 is 0 Å². The fraction of sp³-hybridized carbons (Fsp3) is 0. The Morgan fingerprint density at radius 1 is 1.21 bits per heavy atom. The van der Waals surface area contributed by atoms with E-state index in [0.717, 1.165) is 10.0 Å². The lowest BCUT2D eigenvalue weighted by Crippen LogP contribution is -1.90. The molecular weight excluding hydrogens is 328 g/mol. The van der Waals surface area contributed by atoms with E-state index in [1.165, 1.54) is 0 Å². The van der Waals surface area contributed by atoms with Gasteiger partial charge >= 0.3 is 0 Å². The van der Waals surface area contributed by atoms with Crippen molar-refractivity contribution in [3.05, 3.63) is 51.6 Å². The molecule has 0 atom stereocenters. The third-order valence-electron chi connectivity index (χ3n) is 2.66. The number of nitriles is 1. The molecule has 1 aromatic carbocycles. The Morgan fingerprint density at radius 2 is 2.05 bits per heavy atom. The van der Waals surface area contributed by atoms with Crippen molar-refractivity contribution in [1.82, 2.24) is 14.6 Å². The summed E-state index contributed by atoms with van der Waals surface area (Å²) in [6.07, 6.45) is 1.78. The first kappa shape index (κ1) is 12.2. The van der Waals surface area contributed by atoms with Crippen LogP contribution in [0.2, 0.25) is 5.02 Å². The average Bonchev–Trinajstić information content (AvgIpc) is 2.80. The molecule has 0 bridgehead atoms. The molecule has 2 aromatic heterocycles. The summed E-state index contributed by atoms with van der Waals surface area (Å²) in [6, 6.07) is 11.0. The Kier molecular flexibility index (Phi) is 2.97. The molecule has 0 N–H and O–H groups in total. The maximum Gasteiger partial charge on any atom is 0.168 e. The highest BCUT2D eigenvalue weighted by molar-refractivity contribution is 9.10. The molecule has 3 aromatic rings. The fourth-order valence-corrected chi connectivity index (χ4v) is 2.70. The van der Waals surface area contributed by atoms with Crippen LogP contribution in [0.4, 0.5) is 0 Å². The Bertz CT molecular complexity index is 799. The molecule has 3 rings (SSSR count). The van der Waals surface area contributed by atoms with Crippen LogP contribution in [0.3, 0.4) is 0 Å². The van der Waals surface area contributed by atoms with Gasteiger partial charge in [0.15, 0.2) is 11.5 Å². The molecule has 0 fully saturated rings. The second kappa shape index (κ2) is 4.65. The number of rotatable bonds is 1. The molecule has 19 heavy (non-hydrogen) atoms. The summed E-state index contributed by atoms with van der Waals surface area (Å²) in [5.41, 5.74) is 2.04. The van der Waals surface area contributed by atoms with Gasteiger partial charge in [-0.05, 0) is 24.3 Å². The molecule has 0 radical (unpaired) electrons. The molecule has 0 amide bonds. The highest BCUT2D eigenvalue weighted by Crippen LogP contribution is 2.26. The van der Waals surface area contributed by atoms with E-state index in [1.54, 1.807) is 18.3 Å². The summed E-state index contributed by atoms with van der Waals surface area (Å²) in [5, 5.41) is 17.7. The summed E-state index contributed by atoms with van der Waals surface area (Å²) in [5.74, 6) is 0.683. The van der Waals surface area contributed by atoms with Crippen molar-refractivity contribution in [2.75, 3.05) is 0 Å². The highest BCUT2D eigenvalue weighted by Gasteiger charge is 2.09. The number of hydrogen-bond acceptors (Lipinski definition) is 3. The third kappa shape index (κ3) is 2.21. The van der Waals surface area contributed by atoms with E-state index in [9.17, 15) is 0 Å². The van der Waals surface area contributed by atoms with Crippen LogP contribution in [-0.4, -0.2) is 14.6 Å². The molecule has 0 aliphatic carbocycles. The minimum atomic E-state index is 0.554. The van der Waals surface area contributed by atoms with Crippen molar-refractivity contribution < 1.29 is 0 Å². The number of hydrogen-bond donors (Lipinski definition) is 0. The van der Waals surface area contributed by atoms with Gasteiger partial charge in [0, 0.05) is 27.3 Å². The maximum absolute atomic E-state index is 8.86. The molecule has 0 saturated carbocycles. The summed E-state index contributed by atoms with van der Waals surface area (Å²) in [7, 11) is 0. The predicted octanol–water partition coefficient (Wildman–Crippen LogP) is 3.68. The van der Waals surface area contributed by atoms with Crippen LogP contribution in [0.25, 0.3) is 17.0 Å². The number of benzene rings is 1. The highest BCUT2D eigenvalue weighted by atomic mass is 79.9. The number of fused-ring (bicyclic) bond motifs is 1. The summed E-state index contributed by atoms with van der Waals surface area (Å²) < 4.78 is 2.69. The second-order valence-corrected chi connectivity index (χ2v) is 5.29. The van der Waals surface area contributed by atoms with Gasteiger partial charge in [-0.2, -0.15) is 5.26 Å². The van der Waals surface area contributed by atoms with Gasteiger partial charge in [0.05, 0.1) is 11.6 Å². The number of nitrogens with zero attached hydrogens (tertiary/aromatic N) is 4. The van der Waals surface area contributed by atoms with Gasteiger partial charge in [-0.25, -0.2) is 0 Å². The van der Waals surface area contributed by atoms with Gasteiger partial charge in [0.1, 0.15) is 0 Å². The van der Waals surface area contributed by atoms with Gasteiger partial charge < -0.3 is 0 Å². The molecule has 0 aliphatic heterocycles. The molecule has 92 valence electrons. The van der Waals surface area contributed by atoms with Crippen LogP contribution in [0.15, 0.2) is 41.0 Å². The lowest BCUT2D eigenvalue weighted by Gasteiger charge is -2.02. The van der Waals surface area contributed by atoms with Gasteiger partial charge in [-0.15, -0.1) is 10.2 Å². The van der Waals surface area contributed by atoms with Crippen LogP contribution in [0, 0.1) is 11.3 Å². The fourth-order valence-electron chi connectivity index (χ4n) is 1.84. The largest absolute Gasteiger partial charge is 0.282 e. The van der Waals surface area contributed by atoms with E-state index in [1.807, 2.05) is 22.6 Å². The van der Waals surface area contributed by atoms with Crippen molar-refractivity contribution in [3.8, 4) is 17.5 Å². The maximum atomic E-state index is 8.86. The van der Waals surface area contributed by atoms with Gasteiger partial charge in [-0.3, -0.25) is 4.40 Å². The number of pyridine rings is 1. The van der Waals surface area contributed by atoms with Crippen LogP contribution in [0.5, 0.6) is 0 Å². The first-order chi connectivity index (χ1) is 9.17. The zero-order chi connectivity index (χ0) is 13.4. The Labute approximate surface area is 122 Å². The number of halogens is 2. The van der Waals surface area contributed by atoms with E-state index in [0.29, 0.717) is 22.1 Å². The molecule has 0 aliphatic rings. The standard InChI is InChI=1S/C13H6BrClN4/c14-10-4-9(5-11(15)6-10)13-18-17-12-3-8(7-16)1-2-19(12)13/h1-6H. The van der Waals surface area contributed by atoms with Crippen LogP contribution >= 0.6 is 27.5 Å². The first-order valence-electron chi connectivity index (χ1n) is 5.39. The summed E-state index contributed by atoms with van der Waals surface area (Å²) >= 11 is 9.44. The molecule has 0 saturated heterocycles. The Morgan fingerprint density at radius 3 is 2.79 bits per heavy atom. The van der Waals surface area contributed by atoms with Crippen LogP contribution in [-0.2, 0) is 0 Å². The van der Waals surface area contributed by atoms with Crippen LogP contribution in [0.1, 0.15) is 5.56 Å². The van der Waals surface area contributed by atoms with Crippen LogP contribution < -0.4 is 0 Å². The number of aromatic nitrogens is 3. The Hall–Kier alpha value is -1.90. The van der Waals surface area contributed by atoms with Gasteiger partial charge in [0.25, 0.3) is 0 Å². The SMILES string of the molecule is N#Cc1ccn2c(-c3cc(Cl)cc(Br)c3)nnc2c1. The predicted molar refractivity (Wildman–Crippen MR) is 75.8 cm³/mol. The molecule has 6 heteroatoms. The van der Waals surface area contributed by atoms with E-state index in [2.05, 4.69) is 32.2 Å². The molecule has 0 unspecified atom stereocenters. The van der Waals surface area contributed by atoms with E-state index in [-0.39, 0.29) is 0 Å². The van der Waals surface area contributed by atoms with Crippen molar-refractivity contribution in [2.45, 2.75) is 0 Å². The lowest BCUT2D eigenvalue weighted by molar-refractivity contribution is 1.11.